The minimum atomic E-state index is -3.12. The normalized spacial score (nSPS) is 25.0. The molecule has 0 aromatic heterocycles. The molecule has 17 heavy (non-hydrogen) atoms. The highest BCUT2D eigenvalue weighted by Crippen LogP contribution is 2.33. The van der Waals surface area contributed by atoms with Crippen LogP contribution in [0.15, 0.2) is 30.3 Å². The summed E-state index contributed by atoms with van der Waals surface area (Å²) in [7, 11) is -3.12. The first kappa shape index (κ1) is 12.5. The average molecular weight is 255 g/mol. The Morgan fingerprint density at radius 3 is 2.71 bits per heavy atom. The molecule has 2 rings (SSSR count). The highest BCUT2D eigenvalue weighted by Gasteiger charge is 2.29. The maximum Gasteiger partial charge on any atom is 0.208 e. The smallest absolute Gasteiger partial charge is 0.208 e. The molecule has 0 radical (unpaired) electrons. The summed E-state index contributed by atoms with van der Waals surface area (Å²) in [5.41, 5.74) is 1.12. The molecule has 0 amide bonds. The van der Waals surface area contributed by atoms with E-state index < -0.39 is 10.0 Å². The van der Waals surface area contributed by atoms with Crippen molar-refractivity contribution in [3.63, 3.8) is 0 Å². The number of hydrogen-bond acceptors (Lipinski definition) is 3. The van der Waals surface area contributed by atoms with Crippen molar-refractivity contribution in [1.82, 2.24) is 4.72 Å². The Bertz CT molecular complexity index is 458. The summed E-state index contributed by atoms with van der Waals surface area (Å²) in [5.74, 6) is 0.215. The fraction of sp³-hybridized carbons (Fsp3) is 0.500. The predicted octanol–water partition coefficient (Wildman–Crippen LogP) is 1.31. The Hall–Kier alpha value is -0.910. The molecular weight excluding hydrogens is 238 g/mol. The van der Waals surface area contributed by atoms with Crippen LogP contribution >= 0.6 is 0 Å². The zero-order valence-corrected chi connectivity index (χ0v) is 10.6. The van der Waals surface area contributed by atoms with Gasteiger partial charge in [-0.25, -0.2) is 13.1 Å². The highest BCUT2D eigenvalue weighted by atomic mass is 32.2. The van der Waals surface area contributed by atoms with E-state index in [1.165, 1.54) is 6.26 Å². The van der Waals surface area contributed by atoms with Gasteiger partial charge in [0.2, 0.25) is 10.0 Å². The van der Waals surface area contributed by atoms with Crippen LogP contribution in [0.5, 0.6) is 0 Å². The van der Waals surface area contributed by atoms with Crippen molar-refractivity contribution in [3.05, 3.63) is 35.9 Å². The van der Waals surface area contributed by atoms with Crippen LogP contribution < -0.4 is 4.72 Å². The Kier molecular flexibility index (Phi) is 3.81. The topological polar surface area (TPSA) is 55.4 Å². The third-order valence-corrected chi connectivity index (χ3v) is 3.64. The first-order valence-electron chi connectivity index (χ1n) is 5.67. The molecule has 0 spiro atoms. The van der Waals surface area contributed by atoms with Gasteiger partial charge in [-0.2, -0.15) is 0 Å². The quantitative estimate of drug-likeness (QED) is 0.882. The van der Waals surface area contributed by atoms with E-state index in [0.717, 1.165) is 12.0 Å². The number of rotatable bonds is 4. The number of ether oxygens (including phenoxy) is 1. The first-order valence-corrected chi connectivity index (χ1v) is 7.56. The van der Waals surface area contributed by atoms with Crippen molar-refractivity contribution in [2.45, 2.75) is 12.5 Å². The molecule has 1 aromatic carbocycles. The van der Waals surface area contributed by atoms with Crippen LogP contribution in [0.25, 0.3) is 0 Å². The van der Waals surface area contributed by atoms with Crippen LogP contribution in [-0.2, 0) is 14.8 Å². The lowest BCUT2D eigenvalue weighted by Crippen LogP contribution is -2.29. The van der Waals surface area contributed by atoms with Crippen molar-refractivity contribution >= 4 is 10.0 Å². The first-order chi connectivity index (χ1) is 8.06. The van der Waals surface area contributed by atoms with Crippen molar-refractivity contribution in [2.75, 3.05) is 19.4 Å². The van der Waals surface area contributed by atoms with Gasteiger partial charge in [-0.15, -0.1) is 0 Å². The molecule has 1 saturated heterocycles. The molecule has 94 valence electrons. The zero-order valence-electron chi connectivity index (χ0n) is 9.80. The maximum atomic E-state index is 11.1. The summed E-state index contributed by atoms with van der Waals surface area (Å²) < 4.78 is 30.4. The monoisotopic (exact) mass is 255 g/mol. The lowest BCUT2D eigenvalue weighted by atomic mass is 9.96. The summed E-state index contributed by atoms with van der Waals surface area (Å²) in [5, 5.41) is 0. The van der Waals surface area contributed by atoms with Crippen LogP contribution in [0.2, 0.25) is 0 Å². The van der Waals surface area contributed by atoms with Gasteiger partial charge in [-0.3, -0.25) is 0 Å². The van der Waals surface area contributed by atoms with Gasteiger partial charge in [0.15, 0.2) is 0 Å². The Morgan fingerprint density at radius 1 is 1.35 bits per heavy atom. The second-order valence-electron chi connectivity index (χ2n) is 4.37. The summed E-state index contributed by atoms with van der Waals surface area (Å²) in [4.78, 5) is 0. The maximum absolute atomic E-state index is 11.1. The van der Waals surface area contributed by atoms with E-state index in [2.05, 4.69) is 4.72 Å². The lowest BCUT2D eigenvalue weighted by molar-refractivity contribution is 0.0917. The van der Waals surface area contributed by atoms with Gasteiger partial charge in [0.05, 0.1) is 12.4 Å². The van der Waals surface area contributed by atoms with Gasteiger partial charge < -0.3 is 4.74 Å². The molecule has 4 nitrogen and oxygen atoms in total. The van der Waals surface area contributed by atoms with Crippen LogP contribution in [0.4, 0.5) is 0 Å². The SMILES string of the molecule is CS(=O)(=O)NC[C@@H]1CCO[C@@H]1c1ccccc1. The molecular formula is C12H17NO3S. The van der Waals surface area contributed by atoms with Gasteiger partial charge in [0, 0.05) is 19.1 Å². The average Bonchev–Trinajstić information content (AvgIpc) is 2.75. The number of hydrogen-bond donors (Lipinski definition) is 1. The molecule has 1 heterocycles. The van der Waals surface area contributed by atoms with Crippen molar-refractivity contribution in [3.8, 4) is 0 Å². The fourth-order valence-corrected chi connectivity index (χ4v) is 2.63. The molecule has 0 unspecified atom stereocenters. The molecule has 0 bridgehead atoms. The minimum absolute atomic E-state index is 0.00505. The summed E-state index contributed by atoms with van der Waals surface area (Å²) in [6.45, 7) is 1.13. The van der Waals surface area contributed by atoms with Gasteiger partial charge in [-0.05, 0) is 12.0 Å². The van der Waals surface area contributed by atoms with E-state index in [1.54, 1.807) is 0 Å². The Labute approximate surface area is 102 Å². The molecule has 2 atom stereocenters. The number of nitrogens with one attached hydrogen (secondary N) is 1. The van der Waals surface area contributed by atoms with E-state index in [-0.39, 0.29) is 12.0 Å². The molecule has 1 aliphatic rings. The van der Waals surface area contributed by atoms with E-state index >= 15 is 0 Å². The van der Waals surface area contributed by atoms with Gasteiger partial charge in [-0.1, -0.05) is 30.3 Å². The summed E-state index contributed by atoms with van der Waals surface area (Å²) >= 11 is 0. The molecule has 0 saturated carbocycles. The Balaban J connectivity index is 2.03. The second kappa shape index (κ2) is 5.16. The second-order valence-corrected chi connectivity index (χ2v) is 6.20. The largest absolute Gasteiger partial charge is 0.373 e. The summed E-state index contributed by atoms with van der Waals surface area (Å²) in [6, 6.07) is 9.94. The standard InChI is InChI=1S/C12H17NO3S/c1-17(14,15)13-9-11-7-8-16-12(11)10-5-3-2-4-6-10/h2-6,11-13H,7-9H2,1H3/t11-,12+/m0/s1. The van der Waals surface area contributed by atoms with E-state index in [0.29, 0.717) is 13.2 Å². The van der Waals surface area contributed by atoms with Crippen LogP contribution in [0.3, 0.4) is 0 Å². The van der Waals surface area contributed by atoms with Gasteiger partial charge in [0.1, 0.15) is 0 Å². The molecule has 0 aliphatic carbocycles. The third-order valence-electron chi connectivity index (χ3n) is 2.95. The van der Waals surface area contributed by atoms with Crippen molar-refractivity contribution < 1.29 is 13.2 Å². The third kappa shape index (κ3) is 3.52. The number of benzene rings is 1. The molecule has 1 N–H and O–H groups in total. The van der Waals surface area contributed by atoms with Crippen LogP contribution in [-0.4, -0.2) is 27.8 Å². The summed E-state index contributed by atoms with van der Waals surface area (Å²) in [6.07, 6.45) is 2.08. The van der Waals surface area contributed by atoms with Crippen LogP contribution in [0, 0.1) is 5.92 Å². The van der Waals surface area contributed by atoms with Crippen LogP contribution in [0.1, 0.15) is 18.1 Å². The van der Waals surface area contributed by atoms with Crippen molar-refractivity contribution in [1.29, 1.82) is 0 Å². The Morgan fingerprint density at radius 2 is 2.06 bits per heavy atom. The van der Waals surface area contributed by atoms with Gasteiger partial charge in [0.25, 0.3) is 0 Å². The van der Waals surface area contributed by atoms with E-state index in [1.807, 2.05) is 30.3 Å². The lowest BCUT2D eigenvalue weighted by Gasteiger charge is -2.18. The molecule has 1 fully saturated rings. The minimum Gasteiger partial charge on any atom is -0.373 e. The predicted molar refractivity (Wildman–Crippen MR) is 66.1 cm³/mol. The molecule has 5 heteroatoms. The van der Waals surface area contributed by atoms with Gasteiger partial charge >= 0.3 is 0 Å². The number of sulfonamides is 1. The molecule has 1 aromatic rings. The zero-order chi connectivity index (χ0) is 12.3. The van der Waals surface area contributed by atoms with E-state index in [4.69, 9.17) is 4.74 Å². The van der Waals surface area contributed by atoms with E-state index in [9.17, 15) is 8.42 Å². The van der Waals surface area contributed by atoms with Crippen molar-refractivity contribution in [2.24, 2.45) is 5.92 Å². The fourth-order valence-electron chi connectivity index (χ4n) is 2.11. The molecule has 1 aliphatic heterocycles. The highest BCUT2D eigenvalue weighted by molar-refractivity contribution is 7.88.